The Labute approximate surface area is 118 Å². The van der Waals surface area contributed by atoms with Crippen LogP contribution in [0.15, 0.2) is 34.8 Å². The summed E-state index contributed by atoms with van der Waals surface area (Å²) >= 11 is 3.11. The third kappa shape index (κ3) is 3.44. The quantitative estimate of drug-likeness (QED) is 0.878. The Hall–Kier alpha value is -1.62. The van der Waals surface area contributed by atoms with Gasteiger partial charge in [-0.2, -0.15) is 0 Å². The fourth-order valence-corrected chi connectivity index (χ4v) is 2.11. The highest BCUT2D eigenvalue weighted by molar-refractivity contribution is 9.10. The van der Waals surface area contributed by atoms with Gasteiger partial charge in [0.05, 0.1) is 4.47 Å². The SMILES string of the molecule is Cc1cc(F)c(Br)cc1NCc1cc(O)cc(F)c1. The summed E-state index contributed by atoms with van der Waals surface area (Å²) < 4.78 is 26.7. The molecule has 0 heterocycles. The zero-order chi connectivity index (χ0) is 14.0. The zero-order valence-electron chi connectivity index (χ0n) is 10.2. The topological polar surface area (TPSA) is 32.3 Å². The van der Waals surface area contributed by atoms with Gasteiger partial charge in [-0.1, -0.05) is 0 Å². The number of aryl methyl sites for hydroxylation is 1. The second-order valence-electron chi connectivity index (χ2n) is 4.25. The standard InChI is InChI=1S/C14H12BrF2NO/c1-8-2-13(17)12(15)6-14(8)18-7-9-3-10(16)5-11(19)4-9/h2-6,18-19H,7H2,1H3. The van der Waals surface area contributed by atoms with Crippen molar-refractivity contribution in [2.75, 3.05) is 5.32 Å². The third-order valence-corrected chi connectivity index (χ3v) is 3.30. The lowest BCUT2D eigenvalue weighted by Crippen LogP contribution is -2.02. The number of hydrogen-bond donors (Lipinski definition) is 2. The predicted molar refractivity (Wildman–Crippen MR) is 74.2 cm³/mol. The first-order chi connectivity index (χ1) is 8.95. The van der Waals surface area contributed by atoms with Crippen molar-refractivity contribution in [2.45, 2.75) is 13.5 Å². The lowest BCUT2D eigenvalue weighted by atomic mass is 10.1. The summed E-state index contributed by atoms with van der Waals surface area (Å²) in [5, 5.41) is 12.4. The van der Waals surface area contributed by atoms with E-state index in [0.29, 0.717) is 16.6 Å². The Morgan fingerprint density at radius 2 is 1.89 bits per heavy atom. The van der Waals surface area contributed by atoms with Crippen molar-refractivity contribution < 1.29 is 13.9 Å². The highest BCUT2D eigenvalue weighted by Crippen LogP contribution is 2.25. The average molecular weight is 328 g/mol. The summed E-state index contributed by atoms with van der Waals surface area (Å²) in [7, 11) is 0. The molecule has 2 nitrogen and oxygen atoms in total. The zero-order valence-corrected chi connectivity index (χ0v) is 11.8. The van der Waals surface area contributed by atoms with Gasteiger partial charge in [0.25, 0.3) is 0 Å². The van der Waals surface area contributed by atoms with Crippen LogP contribution in [-0.2, 0) is 6.54 Å². The lowest BCUT2D eigenvalue weighted by molar-refractivity contribution is 0.468. The van der Waals surface area contributed by atoms with Crippen LogP contribution < -0.4 is 5.32 Å². The molecule has 2 aromatic carbocycles. The molecule has 2 aromatic rings. The first-order valence-electron chi connectivity index (χ1n) is 5.63. The van der Waals surface area contributed by atoms with Crippen LogP contribution >= 0.6 is 15.9 Å². The van der Waals surface area contributed by atoms with E-state index in [1.165, 1.54) is 18.2 Å². The smallest absolute Gasteiger partial charge is 0.137 e. The van der Waals surface area contributed by atoms with Crippen molar-refractivity contribution in [3.05, 3.63) is 57.6 Å². The molecule has 0 saturated heterocycles. The normalized spacial score (nSPS) is 10.5. The van der Waals surface area contributed by atoms with E-state index in [9.17, 15) is 13.9 Å². The van der Waals surface area contributed by atoms with Crippen LogP contribution in [0.3, 0.4) is 0 Å². The molecule has 100 valence electrons. The van der Waals surface area contributed by atoms with E-state index in [1.54, 1.807) is 13.0 Å². The van der Waals surface area contributed by atoms with E-state index in [-0.39, 0.29) is 11.6 Å². The molecule has 0 aliphatic carbocycles. The van der Waals surface area contributed by atoms with Crippen molar-refractivity contribution in [3.63, 3.8) is 0 Å². The van der Waals surface area contributed by atoms with Gasteiger partial charge in [0.15, 0.2) is 0 Å². The van der Waals surface area contributed by atoms with Gasteiger partial charge in [0.2, 0.25) is 0 Å². The average Bonchev–Trinajstić information content (AvgIpc) is 2.31. The van der Waals surface area contributed by atoms with Crippen molar-refractivity contribution in [1.29, 1.82) is 0 Å². The van der Waals surface area contributed by atoms with Crippen molar-refractivity contribution in [3.8, 4) is 5.75 Å². The van der Waals surface area contributed by atoms with Crippen molar-refractivity contribution in [2.24, 2.45) is 0 Å². The van der Waals surface area contributed by atoms with Gasteiger partial charge in [-0.15, -0.1) is 0 Å². The molecular weight excluding hydrogens is 316 g/mol. The van der Waals surface area contributed by atoms with Crippen molar-refractivity contribution in [1.82, 2.24) is 0 Å². The van der Waals surface area contributed by atoms with E-state index < -0.39 is 5.82 Å². The predicted octanol–water partition coefficient (Wildman–Crippen LogP) is 4.35. The number of nitrogens with one attached hydrogen (secondary N) is 1. The van der Waals surface area contributed by atoms with E-state index in [0.717, 1.165) is 17.3 Å². The summed E-state index contributed by atoms with van der Waals surface area (Å²) in [6.07, 6.45) is 0. The number of hydrogen-bond acceptors (Lipinski definition) is 2. The highest BCUT2D eigenvalue weighted by atomic mass is 79.9. The molecule has 5 heteroatoms. The molecular formula is C14H12BrF2NO. The van der Waals surface area contributed by atoms with E-state index in [4.69, 9.17) is 0 Å². The monoisotopic (exact) mass is 327 g/mol. The number of aromatic hydroxyl groups is 1. The van der Waals surface area contributed by atoms with Gasteiger partial charge in [0.1, 0.15) is 17.4 Å². The Bertz CT molecular complexity index is 596. The first kappa shape index (κ1) is 13.8. The van der Waals surface area contributed by atoms with Crippen LogP contribution in [0.4, 0.5) is 14.5 Å². The molecule has 19 heavy (non-hydrogen) atoms. The van der Waals surface area contributed by atoms with E-state index in [1.807, 2.05) is 0 Å². The second kappa shape index (κ2) is 5.57. The second-order valence-corrected chi connectivity index (χ2v) is 5.11. The molecule has 0 aliphatic rings. The minimum Gasteiger partial charge on any atom is -0.508 e. The number of phenolic OH excluding ortho intramolecular Hbond substituents is 1. The molecule has 0 saturated carbocycles. The Morgan fingerprint density at radius 1 is 1.16 bits per heavy atom. The Morgan fingerprint density at radius 3 is 2.58 bits per heavy atom. The lowest BCUT2D eigenvalue weighted by Gasteiger charge is -2.11. The fraction of sp³-hybridized carbons (Fsp3) is 0.143. The molecule has 0 radical (unpaired) electrons. The molecule has 0 atom stereocenters. The molecule has 0 aromatic heterocycles. The number of benzene rings is 2. The van der Waals surface area contributed by atoms with Gasteiger partial charge in [-0.3, -0.25) is 0 Å². The maximum atomic E-state index is 13.3. The van der Waals surface area contributed by atoms with Crippen LogP contribution in [0.1, 0.15) is 11.1 Å². The summed E-state index contributed by atoms with van der Waals surface area (Å²) in [6, 6.07) is 6.90. The minimum atomic E-state index is -0.492. The summed E-state index contributed by atoms with van der Waals surface area (Å²) in [5.41, 5.74) is 2.11. The molecule has 0 unspecified atom stereocenters. The maximum absolute atomic E-state index is 13.3. The van der Waals surface area contributed by atoms with Crippen LogP contribution in [0.25, 0.3) is 0 Å². The van der Waals surface area contributed by atoms with Gasteiger partial charge in [-0.25, -0.2) is 8.78 Å². The van der Waals surface area contributed by atoms with Gasteiger partial charge >= 0.3 is 0 Å². The first-order valence-corrected chi connectivity index (χ1v) is 6.43. The summed E-state index contributed by atoms with van der Waals surface area (Å²) in [5.74, 6) is -0.936. The molecule has 2 rings (SSSR count). The summed E-state index contributed by atoms with van der Waals surface area (Å²) in [6.45, 7) is 2.12. The molecule has 0 spiro atoms. The van der Waals surface area contributed by atoms with Gasteiger partial charge in [0, 0.05) is 18.3 Å². The number of halogens is 3. The van der Waals surface area contributed by atoms with Crippen LogP contribution in [0.2, 0.25) is 0 Å². The number of rotatable bonds is 3. The highest BCUT2D eigenvalue weighted by Gasteiger charge is 2.06. The third-order valence-electron chi connectivity index (χ3n) is 2.69. The largest absolute Gasteiger partial charge is 0.508 e. The van der Waals surface area contributed by atoms with Crippen molar-refractivity contribution >= 4 is 21.6 Å². The fourth-order valence-electron chi connectivity index (χ4n) is 1.77. The van der Waals surface area contributed by atoms with E-state index >= 15 is 0 Å². The maximum Gasteiger partial charge on any atom is 0.137 e. The Balaban J connectivity index is 2.16. The molecule has 0 amide bonds. The molecule has 0 fully saturated rings. The van der Waals surface area contributed by atoms with Gasteiger partial charge < -0.3 is 10.4 Å². The number of phenols is 1. The molecule has 2 N–H and O–H groups in total. The molecule has 0 bridgehead atoms. The van der Waals surface area contributed by atoms with Crippen LogP contribution in [0, 0.1) is 18.6 Å². The minimum absolute atomic E-state index is 0.117. The summed E-state index contributed by atoms with van der Waals surface area (Å²) in [4.78, 5) is 0. The Kier molecular flexibility index (Phi) is 4.04. The van der Waals surface area contributed by atoms with Crippen LogP contribution in [-0.4, -0.2) is 5.11 Å². The molecule has 0 aliphatic heterocycles. The van der Waals surface area contributed by atoms with Crippen LogP contribution in [0.5, 0.6) is 5.75 Å². The number of anilines is 1. The van der Waals surface area contributed by atoms with E-state index in [2.05, 4.69) is 21.2 Å². The van der Waals surface area contributed by atoms with Gasteiger partial charge in [-0.05, 0) is 58.2 Å².